The number of sulfonamides is 1. The van der Waals surface area contributed by atoms with E-state index >= 15 is 0 Å². The van der Waals surface area contributed by atoms with Crippen LogP contribution in [0.15, 0.2) is 27.6 Å². The van der Waals surface area contributed by atoms with Gasteiger partial charge in [0.25, 0.3) is 0 Å². The van der Waals surface area contributed by atoms with Gasteiger partial charge in [0.2, 0.25) is 21.8 Å². The predicted molar refractivity (Wildman–Crippen MR) is 119 cm³/mol. The first-order valence-electron chi connectivity index (χ1n) is 10.8. The van der Waals surface area contributed by atoms with E-state index in [1.807, 2.05) is 6.92 Å². The molecule has 0 atom stereocenters. The average Bonchev–Trinajstić information content (AvgIpc) is 3.11. The van der Waals surface area contributed by atoms with E-state index in [2.05, 4.69) is 15.2 Å². The smallest absolute Gasteiger partial charge is 0.244 e. The maximum atomic E-state index is 13.3. The maximum absolute atomic E-state index is 13.3. The van der Waals surface area contributed by atoms with Crippen molar-refractivity contribution in [2.45, 2.75) is 76.2 Å². The first-order valence-corrected chi connectivity index (χ1v) is 12.3. The Labute approximate surface area is 183 Å². The Morgan fingerprint density at radius 3 is 2.48 bits per heavy atom. The summed E-state index contributed by atoms with van der Waals surface area (Å²) < 4.78 is 40.2. The molecule has 0 unspecified atom stereocenters. The number of amides is 1. The van der Waals surface area contributed by atoms with Crippen molar-refractivity contribution in [3.63, 3.8) is 0 Å². The first kappa shape index (κ1) is 23.3. The topological polar surface area (TPSA) is 111 Å². The monoisotopic (exact) mass is 449 g/mol. The second-order valence-electron chi connectivity index (χ2n) is 7.90. The third-order valence-electron chi connectivity index (χ3n) is 5.56. The van der Waals surface area contributed by atoms with Gasteiger partial charge in [-0.1, -0.05) is 50.3 Å². The van der Waals surface area contributed by atoms with E-state index in [0.717, 1.165) is 38.5 Å². The zero-order chi connectivity index (χ0) is 22.4. The second kappa shape index (κ2) is 10.3. The third kappa shape index (κ3) is 5.65. The number of aryl methyl sites for hydroxylation is 1. The number of carbonyl (C=O) groups excluding carboxylic acids is 1. The van der Waals surface area contributed by atoms with Gasteiger partial charge in [-0.05, 0) is 37.0 Å². The zero-order valence-electron chi connectivity index (χ0n) is 18.4. The van der Waals surface area contributed by atoms with Gasteiger partial charge in [0.05, 0.1) is 18.4 Å². The molecule has 31 heavy (non-hydrogen) atoms. The highest BCUT2D eigenvalue weighted by Gasteiger charge is 2.26. The van der Waals surface area contributed by atoms with E-state index < -0.39 is 10.0 Å². The molecule has 1 fully saturated rings. The Kier molecular flexibility index (Phi) is 7.72. The van der Waals surface area contributed by atoms with Crippen LogP contribution >= 0.6 is 0 Å². The molecule has 9 heteroatoms. The molecule has 0 bridgehead atoms. The van der Waals surface area contributed by atoms with Crippen molar-refractivity contribution in [1.29, 1.82) is 0 Å². The molecule has 1 aromatic heterocycles. The van der Waals surface area contributed by atoms with Crippen LogP contribution in [-0.2, 0) is 21.2 Å². The van der Waals surface area contributed by atoms with E-state index in [0.29, 0.717) is 23.2 Å². The Bertz CT molecular complexity index is 1010. The zero-order valence-corrected chi connectivity index (χ0v) is 19.2. The fourth-order valence-electron chi connectivity index (χ4n) is 4.01. The normalized spacial score (nSPS) is 15.8. The van der Waals surface area contributed by atoms with Crippen molar-refractivity contribution in [2.24, 2.45) is 0 Å². The van der Waals surface area contributed by atoms with Crippen LogP contribution in [0, 0.1) is 0 Å². The minimum Gasteiger partial charge on any atom is -0.495 e. The molecule has 0 spiro atoms. The van der Waals surface area contributed by atoms with Gasteiger partial charge in [0.1, 0.15) is 10.6 Å². The van der Waals surface area contributed by atoms with Crippen molar-refractivity contribution in [3.05, 3.63) is 23.9 Å². The Morgan fingerprint density at radius 1 is 1.19 bits per heavy atom. The SMILES string of the molecule is CCc1noc(NC(C)=O)c1-c1ccc(OC)c(S(=O)(=O)NC2CCCCCCC2)c1. The lowest BCUT2D eigenvalue weighted by Crippen LogP contribution is -2.35. The lowest BCUT2D eigenvalue weighted by atomic mass is 9.97. The molecule has 1 aliphatic carbocycles. The minimum atomic E-state index is -3.81. The maximum Gasteiger partial charge on any atom is 0.244 e. The molecule has 0 saturated heterocycles. The van der Waals surface area contributed by atoms with Gasteiger partial charge in [-0.2, -0.15) is 0 Å². The van der Waals surface area contributed by atoms with Crippen LogP contribution in [0.3, 0.4) is 0 Å². The highest BCUT2D eigenvalue weighted by atomic mass is 32.2. The number of nitrogens with one attached hydrogen (secondary N) is 2. The van der Waals surface area contributed by atoms with Crippen molar-refractivity contribution >= 4 is 21.8 Å². The molecule has 1 heterocycles. The van der Waals surface area contributed by atoms with Gasteiger partial charge in [-0.15, -0.1) is 0 Å². The van der Waals surface area contributed by atoms with Crippen molar-refractivity contribution < 1.29 is 22.5 Å². The summed E-state index contributed by atoms with van der Waals surface area (Å²) in [6, 6.07) is 4.83. The van der Waals surface area contributed by atoms with Crippen LogP contribution in [0.5, 0.6) is 5.75 Å². The van der Waals surface area contributed by atoms with Gasteiger partial charge < -0.3 is 9.26 Å². The molecule has 170 valence electrons. The molecule has 1 saturated carbocycles. The van der Waals surface area contributed by atoms with E-state index in [1.165, 1.54) is 20.5 Å². The molecule has 8 nitrogen and oxygen atoms in total. The molecule has 1 aliphatic rings. The Morgan fingerprint density at radius 2 is 1.87 bits per heavy atom. The number of ether oxygens (including phenoxy) is 1. The fourth-order valence-corrected chi connectivity index (χ4v) is 5.51. The van der Waals surface area contributed by atoms with Crippen LogP contribution in [0.1, 0.15) is 64.5 Å². The van der Waals surface area contributed by atoms with Gasteiger partial charge in [-0.3, -0.25) is 10.1 Å². The van der Waals surface area contributed by atoms with Gasteiger partial charge in [0.15, 0.2) is 0 Å². The number of methoxy groups -OCH3 is 1. The summed E-state index contributed by atoms with van der Waals surface area (Å²) in [7, 11) is -2.37. The first-order chi connectivity index (χ1) is 14.9. The average molecular weight is 450 g/mol. The summed E-state index contributed by atoms with van der Waals surface area (Å²) >= 11 is 0. The molecular formula is C22H31N3O5S. The summed E-state index contributed by atoms with van der Waals surface area (Å²) in [4.78, 5) is 11.6. The van der Waals surface area contributed by atoms with Crippen molar-refractivity contribution in [1.82, 2.24) is 9.88 Å². The molecule has 0 radical (unpaired) electrons. The highest BCUT2D eigenvalue weighted by molar-refractivity contribution is 7.89. The van der Waals surface area contributed by atoms with Crippen molar-refractivity contribution in [3.8, 4) is 16.9 Å². The number of nitrogens with zero attached hydrogens (tertiary/aromatic N) is 1. The third-order valence-corrected chi connectivity index (χ3v) is 7.10. The quantitative estimate of drug-likeness (QED) is 0.653. The molecular weight excluding hydrogens is 418 g/mol. The summed E-state index contributed by atoms with van der Waals surface area (Å²) in [6.45, 7) is 3.29. The van der Waals surface area contributed by atoms with E-state index in [-0.39, 0.29) is 28.5 Å². The minimum absolute atomic E-state index is 0.0617. The number of benzene rings is 1. The lowest BCUT2D eigenvalue weighted by molar-refractivity contribution is -0.114. The summed E-state index contributed by atoms with van der Waals surface area (Å²) in [5.41, 5.74) is 1.79. The highest BCUT2D eigenvalue weighted by Crippen LogP contribution is 2.36. The number of rotatable bonds is 7. The van der Waals surface area contributed by atoms with Gasteiger partial charge in [-0.25, -0.2) is 13.1 Å². The van der Waals surface area contributed by atoms with Crippen LogP contribution in [0.2, 0.25) is 0 Å². The van der Waals surface area contributed by atoms with Crippen molar-refractivity contribution in [2.75, 3.05) is 12.4 Å². The number of carbonyl (C=O) groups is 1. The summed E-state index contributed by atoms with van der Waals surface area (Å²) in [5, 5.41) is 6.65. The second-order valence-corrected chi connectivity index (χ2v) is 9.58. The molecule has 1 aromatic carbocycles. The van der Waals surface area contributed by atoms with Gasteiger partial charge in [0, 0.05) is 13.0 Å². The number of anilines is 1. The number of aromatic nitrogens is 1. The standard InChI is InChI=1S/C22H31N3O5S/c1-4-18-21(22(30-24-18)23-15(2)26)16-12-13-19(29-3)20(14-16)31(27,28)25-17-10-8-6-5-7-9-11-17/h12-14,17,25H,4-11H2,1-3H3,(H,23,26). The summed E-state index contributed by atoms with van der Waals surface area (Å²) in [5.74, 6) is 0.163. The van der Waals surface area contributed by atoms with E-state index in [4.69, 9.17) is 9.26 Å². The lowest BCUT2D eigenvalue weighted by Gasteiger charge is -2.22. The predicted octanol–water partition coefficient (Wildman–Crippen LogP) is 4.26. The van der Waals surface area contributed by atoms with E-state index in [1.54, 1.807) is 18.2 Å². The largest absolute Gasteiger partial charge is 0.495 e. The Balaban J connectivity index is 1.99. The Hall–Kier alpha value is -2.39. The summed E-state index contributed by atoms with van der Waals surface area (Å²) in [6.07, 6.45) is 7.75. The van der Waals surface area contributed by atoms with E-state index in [9.17, 15) is 13.2 Å². The molecule has 2 aromatic rings. The van der Waals surface area contributed by atoms with Gasteiger partial charge >= 0.3 is 0 Å². The van der Waals surface area contributed by atoms with Crippen LogP contribution in [0.25, 0.3) is 11.1 Å². The molecule has 2 N–H and O–H groups in total. The molecule has 0 aliphatic heterocycles. The molecule has 3 rings (SSSR count). The van der Waals surface area contributed by atoms with Crippen LogP contribution < -0.4 is 14.8 Å². The van der Waals surface area contributed by atoms with Crippen LogP contribution in [0.4, 0.5) is 5.88 Å². The fraction of sp³-hybridized carbons (Fsp3) is 0.545. The van der Waals surface area contributed by atoms with Crippen LogP contribution in [-0.4, -0.2) is 32.6 Å². The number of hydrogen-bond donors (Lipinski definition) is 2. The molecule has 1 amide bonds. The number of hydrogen-bond acceptors (Lipinski definition) is 6.